The standard InChI is InChI=1S/C11H16N4O2/c1-2-11(17)14-4-3-9(5-14)6-15-7-10(8-16)12-13-15/h7-9H,2-6H2,1H3/t9-/m0/s1. The maximum atomic E-state index is 11.5. The van der Waals surface area contributed by atoms with Gasteiger partial charge < -0.3 is 4.90 Å². The van der Waals surface area contributed by atoms with E-state index in [4.69, 9.17) is 0 Å². The van der Waals surface area contributed by atoms with Crippen molar-refractivity contribution in [2.75, 3.05) is 13.1 Å². The molecular weight excluding hydrogens is 220 g/mol. The molecule has 92 valence electrons. The molecule has 1 fully saturated rings. The van der Waals surface area contributed by atoms with E-state index >= 15 is 0 Å². The highest BCUT2D eigenvalue weighted by Crippen LogP contribution is 2.18. The molecule has 2 rings (SSSR count). The third kappa shape index (κ3) is 2.69. The Hall–Kier alpha value is -1.72. The molecule has 0 saturated carbocycles. The molecule has 0 radical (unpaired) electrons. The minimum Gasteiger partial charge on any atom is -0.342 e. The first kappa shape index (κ1) is 11.8. The van der Waals surface area contributed by atoms with Crippen molar-refractivity contribution in [3.63, 3.8) is 0 Å². The maximum Gasteiger partial charge on any atom is 0.222 e. The highest BCUT2D eigenvalue weighted by Gasteiger charge is 2.25. The molecule has 1 aliphatic rings. The summed E-state index contributed by atoms with van der Waals surface area (Å²) in [6.07, 6.45) is 3.87. The van der Waals surface area contributed by atoms with Crippen LogP contribution < -0.4 is 0 Å². The van der Waals surface area contributed by atoms with Gasteiger partial charge in [0.2, 0.25) is 5.91 Å². The van der Waals surface area contributed by atoms with Crippen LogP contribution in [0.15, 0.2) is 6.20 Å². The van der Waals surface area contributed by atoms with Crippen LogP contribution >= 0.6 is 0 Å². The third-order valence-electron chi connectivity index (χ3n) is 3.06. The largest absolute Gasteiger partial charge is 0.342 e. The van der Waals surface area contributed by atoms with Crippen molar-refractivity contribution in [3.05, 3.63) is 11.9 Å². The van der Waals surface area contributed by atoms with Crippen molar-refractivity contribution in [1.82, 2.24) is 19.9 Å². The molecule has 1 amide bonds. The lowest BCUT2D eigenvalue weighted by Crippen LogP contribution is -2.28. The first-order valence-corrected chi connectivity index (χ1v) is 5.86. The third-order valence-corrected chi connectivity index (χ3v) is 3.06. The van der Waals surface area contributed by atoms with Crippen LogP contribution in [0.2, 0.25) is 0 Å². The monoisotopic (exact) mass is 236 g/mol. The molecule has 1 atom stereocenters. The smallest absolute Gasteiger partial charge is 0.222 e. The van der Waals surface area contributed by atoms with Crippen LogP contribution in [0.25, 0.3) is 0 Å². The Morgan fingerprint density at radius 3 is 3.12 bits per heavy atom. The number of carbonyl (C=O) groups is 2. The molecule has 0 spiro atoms. The van der Waals surface area contributed by atoms with Gasteiger partial charge in [-0.2, -0.15) is 0 Å². The number of hydrogen-bond acceptors (Lipinski definition) is 4. The van der Waals surface area contributed by atoms with Gasteiger partial charge in [0, 0.05) is 26.1 Å². The average Bonchev–Trinajstić information content (AvgIpc) is 2.97. The Labute approximate surface area is 99.6 Å². The molecule has 0 bridgehead atoms. The van der Waals surface area contributed by atoms with E-state index in [0.717, 1.165) is 19.5 Å². The highest BCUT2D eigenvalue weighted by atomic mass is 16.2. The van der Waals surface area contributed by atoms with Gasteiger partial charge in [-0.1, -0.05) is 12.1 Å². The number of carbonyl (C=O) groups excluding carboxylic acids is 2. The Bertz CT molecular complexity index is 415. The van der Waals surface area contributed by atoms with E-state index in [1.807, 2.05) is 11.8 Å². The van der Waals surface area contributed by atoms with Crippen LogP contribution in [0, 0.1) is 5.92 Å². The number of aromatic nitrogens is 3. The zero-order valence-electron chi connectivity index (χ0n) is 9.87. The van der Waals surface area contributed by atoms with Crippen molar-refractivity contribution >= 4 is 12.2 Å². The molecule has 2 heterocycles. The summed E-state index contributed by atoms with van der Waals surface area (Å²) >= 11 is 0. The lowest BCUT2D eigenvalue weighted by molar-refractivity contribution is -0.129. The van der Waals surface area contributed by atoms with Crippen LogP contribution in [0.1, 0.15) is 30.3 Å². The average molecular weight is 236 g/mol. The Kier molecular flexibility index (Phi) is 3.51. The van der Waals surface area contributed by atoms with Gasteiger partial charge in [0.15, 0.2) is 6.29 Å². The van der Waals surface area contributed by atoms with Crippen LogP contribution in [-0.2, 0) is 11.3 Å². The lowest BCUT2D eigenvalue weighted by atomic mass is 10.1. The number of amides is 1. The zero-order chi connectivity index (χ0) is 12.3. The summed E-state index contributed by atoms with van der Waals surface area (Å²) < 4.78 is 1.67. The number of hydrogen-bond donors (Lipinski definition) is 0. The van der Waals surface area contributed by atoms with Crippen molar-refractivity contribution < 1.29 is 9.59 Å². The molecule has 1 aromatic rings. The highest BCUT2D eigenvalue weighted by molar-refractivity contribution is 5.76. The molecule has 6 nitrogen and oxygen atoms in total. The number of nitrogens with zero attached hydrogens (tertiary/aromatic N) is 4. The van der Waals surface area contributed by atoms with E-state index in [1.165, 1.54) is 0 Å². The van der Waals surface area contributed by atoms with Crippen LogP contribution in [0.4, 0.5) is 0 Å². The fraction of sp³-hybridized carbons (Fsp3) is 0.636. The van der Waals surface area contributed by atoms with Crippen molar-refractivity contribution in [2.24, 2.45) is 5.92 Å². The van der Waals surface area contributed by atoms with Gasteiger partial charge in [-0.3, -0.25) is 14.3 Å². The topological polar surface area (TPSA) is 68.1 Å². The molecular formula is C11H16N4O2. The Morgan fingerprint density at radius 2 is 2.47 bits per heavy atom. The lowest BCUT2D eigenvalue weighted by Gasteiger charge is -2.15. The van der Waals surface area contributed by atoms with E-state index in [1.54, 1.807) is 10.9 Å². The first-order chi connectivity index (χ1) is 8.22. The molecule has 0 unspecified atom stereocenters. The predicted molar refractivity (Wildman–Crippen MR) is 60.4 cm³/mol. The quantitative estimate of drug-likeness (QED) is 0.707. The summed E-state index contributed by atoms with van der Waals surface area (Å²) in [5, 5.41) is 7.58. The molecule has 0 aliphatic carbocycles. The van der Waals surface area contributed by atoms with E-state index in [0.29, 0.717) is 30.9 Å². The van der Waals surface area contributed by atoms with Crippen LogP contribution in [0.5, 0.6) is 0 Å². The zero-order valence-corrected chi connectivity index (χ0v) is 9.87. The van der Waals surface area contributed by atoms with E-state index in [9.17, 15) is 9.59 Å². The van der Waals surface area contributed by atoms with Gasteiger partial charge in [-0.25, -0.2) is 0 Å². The summed E-state index contributed by atoms with van der Waals surface area (Å²) in [6.45, 7) is 4.20. The Balaban J connectivity index is 1.89. The second-order valence-electron chi connectivity index (χ2n) is 4.33. The molecule has 1 saturated heterocycles. The van der Waals surface area contributed by atoms with Gasteiger partial charge in [-0.15, -0.1) is 5.10 Å². The van der Waals surface area contributed by atoms with E-state index < -0.39 is 0 Å². The molecule has 1 aliphatic heterocycles. The minimum atomic E-state index is 0.208. The normalized spacial score (nSPS) is 19.6. The van der Waals surface area contributed by atoms with Crippen molar-refractivity contribution in [1.29, 1.82) is 0 Å². The van der Waals surface area contributed by atoms with Crippen molar-refractivity contribution in [2.45, 2.75) is 26.3 Å². The molecule has 17 heavy (non-hydrogen) atoms. The summed E-state index contributed by atoms with van der Waals surface area (Å²) in [7, 11) is 0. The molecule has 1 aromatic heterocycles. The Morgan fingerprint density at radius 1 is 1.65 bits per heavy atom. The number of rotatable bonds is 4. The second kappa shape index (κ2) is 5.07. The van der Waals surface area contributed by atoms with Gasteiger partial charge in [-0.05, 0) is 12.3 Å². The first-order valence-electron chi connectivity index (χ1n) is 5.86. The van der Waals surface area contributed by atoms with Gasteiger partial charge in [0.05, 0.1) is 6.20 Å². The van der Waals surface area contributed by atoms with Gasteiger partial charge in [0.25, 0.3) is 0 Å². The SMILES string of the molecule is CCC(=O)N1CC[C@H](Cn2cc(C=O)nn2)C1. The van der Waals surface area contributed by atoms with E-state index in [2.05, 4.69) is 10.3 Å². The fourth-order valence-corrected chi connectivity index (χ4v) is 2.15. The van der Waals surface area contributed by atoms with Gasteiger partial charge in [0.1, 0.15) is 5.69 Å². The maximum absolute atomic E-state index is 11.5. The predicted octanol–water partition coefficient (Wildman–Crippen LogP) is 0.349. The van der Waals surface area contributed by atoms with Crippen LogP contribution in [0.3, 0.4) is 0 Å². The molecule has 6 heteroatoms. The summed E-state index contributed by atoms with van der Waals surface area (Å²) in [5.41, 5.74) is 0.351. The molecule has 0 aromatic carbocycles. The second-order valence-corrected chi connectivity index (χ2v) is 4.33. The number of likely N-dealkylation sites (tertiary alicyclic amines) is 1. The van der Waals surface area contributed by atoms with Gasteiger partial charge >= 0.3 is 0 Å². The van der Waals surface area contributed by atoms with Crippen molar-refractivity contribution in [3.8, 4) is 0 Å². The van der Waals surface area contributed by atoms with Crippen LogP contribution in [-0.4, -0.2) is 45.2 Å². The molecule has 0 N–H and O–H groups in total. The summed E-state index contributed by atoms with van der Waals surface area (Å²) in [4.78, 5) is 23.9. The summed E-state index contributed by atoms with van der Waals surface area (Å²) in [5.74, 6) is 0.617. The van der Waals surface area contributed by atoms with E-state index in [-0.39, 0.29) is 5.91 Å². The fourth-order valence-electron chi connectivity index (χ4n) is 2.15. The summed E-state index contributed by atoms with van der Waals surface area (Å²) in [6, 6.07) is 0. The minimum absolute atomic E-state index is 0.208. The number of aldehydes is 1.